The van der Waals surface area contributed by atoms with Gasteiger partial charge in [-0.05, 0) is 105 Å². The van der Waals surface area contributed by atoms with Gasteiger partial charge in [-0.15, -0.1) is 0 Å². The zero-order valence-corrected chi connectivity index (χ0v) is 20.2. The summed E-state index contributed by atoms with van der Waals surface area (Å²) in [6.07, 6.45) is 18.6. The van der Waals surface area contributed by atoms with Crippen molar-refractivity contribution in [1.82, 2.24) is 0 Å². The van der Waals surface area contributed by atoms with Gasteiger partial charge in [-0.1, -0.05) is 50.8 Å². The summed E-state index contributed by atoms with van der Waals surface area (Å²) in [5.41, 5.74) is 2.45. The van der Waals surface area contributed by atoms with Gasteiger partial charge in [0.25, 0.3) is 0 Å². The minimum Gasteiger partial charge on any atom is -0.374 e. The van der Waals surface area contributed by atoms with E-state index in [9.17, 15) is 0 Å². The highest BCUT2D eigenvalue weighted by Gasteiger charge is 2.38. The van der Waals surface area contributed by atoms with Crippen molar-refractivity contribution in [2.24, 2.45) is 17.8 Å². The summed E-state index contributed by atoms with van der Waals surface area (Å²) in [4.78, 5) is 0. The van der Waals surface area contributed by atoms with Crippen molar-refractivity contribution < 1.29 is 13.5 Å². The third kappa shape index (κ3) is 5.46. The van der Waals surface area contributed by atoms with Gasteiger partial charge in [0.15, 0.2) is 11.6 Å². The highest BCUT2D eigenvalue weighted by Crippen LogP contribution is 2.48. The fraction of sp³-hybridized carbons (Fsp3) is 0.724. The molecule has 178 valence electrons. The van der Waals surface area contributed by atoms with Gasteiger partial charge in [0.2, 0.25) is 0 Å². The molecule has 32 heavy (non-hydrogen) atoms. The van der Waals surface area contributed by atoms with Crippen molar-refractivity contribution in [3.63, 3.8) is 0 Å². The second-order valence-electron chi connectivity index (χ2n) is 10.7. The summed E-state index contributed by atoms with van der Waals surface area (Å²) in [5, 5.41) is 0. The number of rotatable bonds is 8. The average molecular weight is 445 g/mol. The Morgan fingerprint density at radius 2 is 1.81 bits per heavy atom. The summed E-state index contributed by atoms with van der Waals surface area (Å²) in [6, 6.07) is 2.06. The molecule has 3 aliphatic carbocycles. The maximum absolute atomic E-state index is 15.3. The molecule has 5 atom stereocenters. The number of ether oxygens (including phenoxy) is 1. The van der Waals surface area contributed by atoms with E-state index in [2.05, 4.69) is 19.1 Å². The number of hydrogen-bond acceptors (Lipinski definition) is 1. The maximum Gasteiger partial charge on any atom is 0.162 e. The fourth-order valence-electron chi connectivity index (χ4n) is 6.73. The molecule has 0 N–H and O–H groups in total. The van der Waals surface area contributed by atoms with Crippen LogP contribution in [-0.2, 0) is 17.6 Å². The van der Waals surface area contributed by atoms with E-state index in [0.717, 1.165) is 69.8 Å². The van der Waals surface area contributed by atoms with Gasteiger partial charge in [0.05, 0.1) is 12.7 Å². The van der Waals surface area contributed by atoms with Gasteiger partial charge in [0, 0.05) is 0 Å². The zero-order chi connectivity index (χ0) is 22.5. The Morgan fingerprint density at radius 1 is 1.00 bits per heavy atom. The van der Waals surface area contributed by atoms with Gasteiger partial charge in [-0.25, -0.2) is 8.78 Å². The van der Waals surface area contributed by atoms with Crippen molar-refractivity contribution in [2.75, 3.05) is 6.61 Å². The third-order valence-electron chi connectivity index (χ3n) is 8.63. The van der Waals surface area contributed by atoms with Crippen molar-refractivity contribution in [1.29, 1.82) is 0 Å². The molecule has 2 saturated carbocycles. The lowest BCUT2D eigenvalue weighted by Gasteiger charge is -2.42. The van der Waals surface area contributed by atoms with Crippen LogP contribution in [0.1, 0.15) is 107 Å². The van der Waals surface area contributed by atoms with Crippen LogP contribution in [-0.4, -0.2) is 12.7 Å². The van der Waals surface area contributed by atoms with Crippen LogP contribution in [0.2, 0.25) is 0 Å². The minimum absolute atomic E-state index is 0.179. The topological polar surface area (TPSA) is 9.23 Å². The summed E-state index contributed by atoms with van der Waals surface area (Å²) in [5.74, 6) is 0.959. The Morgan fingerprint density at radius 3 is 2.62 bits per heavy atom. The molecule has 0 amide bonds. The minimum atomic E-state index is -0.537. The number of aryl methyl sites for hydroxylation is 1. The maximum atomic E-state index is 15.3. The number of halogens is 2. The molecule has 0 aliphatic heterocycles. The molecule has 3 heteroatoms. The number of unbranched alkanes of at least 4 members (excludes halogenated alkanes) is 2. The normalized spacial score (nSPS) is 30.3. The van der Waals surface area contributed by atoms with Gasteiger partial charge in [0.1, 0.15) is 0 Å². The molecule has 1 nitrogen and oxygen atoms in total. The Balaban J connectivity index is 1.40. The average Bonchev–Trinajstić information content (AvgIpc) is 2.81. The van der Waals surface area contributed by atoms with Crippen LogP contribution in [0, 0.1) is 29.4 Å². The molecule has 4 rings (SSSR count). The van der Waals surface area contributed by atoms with E-state index in [1.54, 1.807) is 0 Å². The first-order valence-electron chi connectivity index (χ1n) is 13.3. The van der Waals surface area contributed by atoms with E-state index in [1.165, 1.54) is 19.3 Å². The summed E-state index contributed by atoms with van der Waals surface area (Å²) < 4.78 is 36.5. The standard InChI is InChI=1S/C29H42F2O/c1-3-5-7-8-20-9-10-24-19-27(29(31)28(30)26(24)16-20)23-12-11-22-18-25(32-15-6-4-2)14-13-21(22)17-23/h4,6,19-23,25H,3,5,7-18H2,1-2H3/b6-4+. The van der Waals surface area contributed by atoms with Crippen LogP contribution in [0.3, 0.4) is 0 Å². The first kappa shape index (κ1) is 23.9. The Hall–Kier alpha value is -1.22. The highest BCUT2D eigenvalue weighted by molar-refractivity contribution is 5.38. The Labute approximate surface area is 194 Å². The first-order chi connectivity index (χ1) is 15.6. The highest BCUT2D eigenvalue weighted by atomic mass is 19.2. The second-order valence-corrected chi connectivity index (χ2v) is 10.7. The molecule has 3 aliphatic rings. The van der Waals surface area contributed by atoms with Crippen molar-refractivity contribution in [3.05, 3.63) is 46.5 Å². The Kier molecular flexibility index (Phi) is 8.43. The second kappa shape index (κ2) is 11.3. The van der Waals surface area contributed by atoms with E-state index in [-0.39, 0.29) is 5.92 Å². The first-order valence-corrected chi connectivity index (χ1v) is 13.3. The summed E-state index contributed by atoms with van der Waals surface area (Å²) in [7, 11) is 0. The predicted octanol–water partition coefficient (Wildman–Crippen LogP) is 8.30. The third-order valence-corrected chi connectivity index (χ3v) is 8.63. The van der Waals surface area contributed by atoms with Crippen LogP contribution in [0.25, 0.3) is 0 Å². The fourth-order valence-corrected chi connectivity index (χ4v) is 6.73. The Bertz CT molecular complexity index is 786. The quantitative estimate of drug-likeness (QED) is 0.289. The van der Waals surface area contributed by atoms with E-state index >= 15 is 8.78 Å². The van der Waals surface area contributed by atoms with E-state index in [4.69, 9.17) is 4.74 Å². The van der Waals surface area contributed by atoms with Crippen molar-refractivity contribution in [3.8, 4) is 0 Å². The lowest BCUT2D eigenvalue weighted by atomic mass is 9.65. The monoisotopic (exact) mass is 444 g/mol. The smallest absolute Gasteiger partial charge is 0.162 e. The van der Waals surface area contributed by atoms with Gasteiger partial charge in [-0.3, -0.25) is 0 Å². The van der Waals surface area contributed by atoms with Crippen molar-refractivity contribution in [2.45, 2.75) is 109 Å². The number of hydrogen-bond donors (Lipinski definition) is 0. The number of benzene rings is 1. The van der Waals surface area contributed by atoms with Crippen molar-refractivity contribution >= 4 is 0 Å². The molecule has 0 spiro atoms. The summed E-state index contributed by atoms with van der Waals surface area (Å²) >= 11 is 0. The van der Waals surface area contributed by atoms with E-state index < -0.39 is 11.6 Å². The molecule has 0 saturated heterocycles. The number of allylic oxidation sites excluding steroid dienone is 1. The molecule has 0 radical (unpaired) electrons. The molecule has 5 unspecified atom stereocenters. The molecule has 2 fully saturated rings. The lowest BCUT2D eigenvalue weighted by molar-refractivity contribution is -0.00337. The van der Waals surface area contributed by atoms with Gasteiger partial charge >= 0.3 is 0 Å². The van der Waals surface area contributed by atoms with Crippen LogP contribution in [0.4, 0.5) is 8.78 Å². The molecule has 1 aromatic carbocycles. The largest absolute Gasteiger partial charge is 0.374 e. The molecule has 0 heterocycles. The molecule has 0 bridgehead atoms. The van der Waals surface area contributed by atoms with Crippen LogP contribution < -0.4 is 0 Å². The van der Waals surface area contributed by atoms with E-state index in [1.807, 2.05) is 13.0 Å². The SMILES string of the molecule is C/C=C/COC1CCC2CC(c3cc4c(c(F)c3F)CC(CCCCC)CC4)CCC2C1. The lowest BCUT2D eigenvalue weighted by Crippen LogP contribution is -2.34. The van der Waals surface area contributed by atoms with Gasteiger partial charge < -0.3 is 4.74 Å². The molecule has 0 aromatic heterocycles. The van der Waals surface area contributed by atoms with Crippen LogP contribution in [0.15, 0.2) is 18.2 Å². The summed E-state index contributed by atoms with van der Waals surface area (Å²) in [6.45, 7) is 4.95. The van der Waals surface area contributed by atoms with E-state index in [0.29, 0.717) is 41.6 Å². The molecular formula is C29H42F2O. The van der Waals surface area contributed by atoms with Crippen LogP contribution in [0.5, 0.6) is 0 Å². The molecule has 1 aromatic rings. The van der Waals surface area contributed by atoms with Crippen LogP contribution >= 0.6 is 0 Å². The number of fused-ring (bicyclic) bond motifs is 2. The predicted molar refractivity (Wildman–Crippen MR) is 128 cm³/mol. The van der Waals surface area contributed by atoms with Gasteiger partial charge in [-0.2, -0.15) is 0 Å². The zero-order valence-electron chi connectivity index (χ0n) is 20.2. The molecular weight excluding hydrogens is 402 g/mol.